The second-order valence-electron chi connectivity index (χ2n) is 6.46. The Bertz CT molecular complexity index is 1080. The van der Waals surface area contributed by atoms with Gasteiger partial charge in [-0.2, -0.15) is 18.3 Å². The number of sulfonamides is 1. The molecule has 3 rings (SSSR count). The molecule has 0 saturated heterocycles. The van der Waals surface area contributed by atoms with Crippen LogP contribution in [0.15, 0.2) is 52.5 Å². The molecule has 0 bridgehead atoms. The number of anilines is 1. The van der Waals surface area contributed by atoms with Crippen LogP contribution in [0.3, 0.4) is 0 Å². The second-order valence-corrected chi connectivity index (χ2v) is 8.11. The van der Waals surface area contributed by atoms with E-state index in [4.69, 9.17) is 0 Å². The normalized spacial score (nSPS) is 17.5. The highest BCUT2D eigenvalue weighted by molar-refractivity contribution is 7.92. The predicted molar refractivity (Wildman–Crippen MR) is 97.1 cm³/mol. The van der Waals surface area contributed by atoms with Gasteiger partial charge in [0.1, 0.15) is 5.82 Å². The molecule has 1 atom stereocenters. The highest BCUT2D eigenvalue weighted by Gasteiger charge is 2.37. The van der Waals surface area contributed by atoms with E-state index in [1.54, 1.807) is 6.92 Å². The molecule has 0 unspecified atom stereocenters. The highest BCUT2D eigenvalue weighted by Crippen LogP contribution is 2.35. The van der Waals surface area contributed by atoms with Crippen LogP contribution in [0, 0.1) is 11.7 Å². The van der Waals surface area contributed by atoms with Crippen molar-refractivity contribution in [1.82, 2.24) is 5.43 Å². The van der Waals surface area contributed by atoms with Crippen molar-refractivity contribution in [2.24, 2.45) is 11.0 Å². The minimum Gasteiger partial charge on any atom is -0.280 e. The highest BCUT2D eigenvalue weighted by atomic mass is 32.2. The van der Waals surface area contributed by atoms with Crippen molar-refractivity contribution < 1.29 is 30.8 Å². The zero-order chi connectivity index (χ0) is 21.4. The van der Waals surface area contributed by atoms with Crippen molar-refractivity contribution in [1.29, 1.82) is 0 Å². The lowest BCUT2D eigenvalue weighted by Crippen LogP contribution is -2.31. The lowest BCUT2D eigenvalue weighted by atomic mass is 9.94. The Morgan fingerprint density at radius 1 is 1.14 bits per heavy atom. The molecular weight excluding hydrogens is 414 g/mol. The number of carbonyl (C=O) groups excluding carboxylic acids is 1. The SMILES string of the molecule is C[C@@H]1CC(=O)NN=C1c1ccc(NS(=O)(=O)c2ccc(F)cc2C(F)(F)F)cc1. The fraction of sp³-hybridized carbons (Fsp3) is 0.222. The third-order valence-electron chi connectivity index (χ3n) is 4.23. The van der Waals surface area contributed by atoms with E-state index in [1.807, 2.05) is 0 Å². The molecular formula is C18H15F4N3O3S. The van der Waals surface area contributed by atoms with Crippen molar-refractivity contribution >= 4 is 27.3 Å². The Labute approximate surface area is 163 Å². The average Bonchev–Trinajstić information content (AvgIpc) is 2.61. The second kappa shape index (κ2) is 7.47. The van der Waals surface area contributed by atoms with Crippen LogP contribution < -0.4 is 10.1 Å². The van der Waals surface area contributed by atoms with E-state index in [9.17, 15) is 30.8 Å². The Morgan fingerprint density at radius 3 is 2.38 bits per heavy atom. The van der Waals surface area contributed by atoms with Gasteiger partial charge >= 0.3 is 6.18 Å². The van der Waals surface area contributed by atoms with Crippen LogP contribution in [0.2, 0.25) is 0 Å². The first-order valence-corrected chi connectivity index (χ1v) is 9.82. The van der Waals surface area contributed by atoms with Crippen LogP contribution in [-0.2, 0) is 21.0 Å². The minimum atomic E-state index is -5.05. The van der Waals surface area contributed by atoms with Crippen LogP contribution in [0.1, 0.15) is 24.5 Å². The maximum atomic E-state index is 13.2. The maximum Gasteiger partial charge on any atom is 0.417 e. The van der Waals surface area contributed by atoms with E-state index < -0.39 is 32.5 Å². The maximum absolute atomic E-state index is 13.2. The molecule has 11 heteroatoms. The molecule has 0 aliphatic carbocycles. The van der Waals surface area contributed by atoms with Gasteiger partial charge in [0.15, 0.2) is 0 Å². The number of amides is 1. The van der Waals surface area contributed by atoms with E-state index >= 15 is 0 Å². The summed E-state index contributed by atoms with van der Waals surface area (Å²) in [4.78, 5) is 10.2. The van der Waals surface area contributed by atoms with Gasteiger partial charge in [-0.1, -0.05) is 19.1 Å². The first kappa shape index (κ1) is 20.8. The van der Waals surface area contributed by atoms with E-state index in [1.165, 1.54) is 24.3 Å². The van der Waals surface area contributed by atoms with Gasteiger partial charge in [-0.15, -0.1) is 0 Å². The number of halogens is 4. The number of alkyl halides is 3. The van der Waals surface area contributed by atoms with Gasteiger partial charge in [-0.3, -0.25) is 9.52 Å². The van der Waals surface area contributed by atoms with Gasteiger partial charge in [0.05, 0.1) is 16.2 Å². The number of hydrogen-bond acceptors (Lipinski definition) is 4. The first-order valence-electron chi connectivity index (χ1n) is 8.34. The van der Waals surface area contributed by atoms with E-state index in [0.29, 0.717) is 23.4 Å². The van der Waals surface area contributed by atoms with Crippen LogP contribution in [-0.4, -0.2) is 20.0 Å². The summed E-state index contributed by atoms with van der Waals surface area (Å²) in [5.74, 6) is -1.57. The summed E-state index contributed by atoms with van der Waals surface area (Å²) >= 11 is 0. The molecule has 6 nitrogen and oxygen atoms in total. The summed E-state index contributed by atoms with van der Waals surface area (Å²) < 4.78 is 79.5. The molecule has 154 valence electrons. The number of benzene rings is 2. The lowest BCUT2D eigenvalue weighted by Gasteiger charge is -2.19. The Balaban J connectivity index is 1.88. The quantitative estimate of drug-likeness (QED) is 0.730. The lowest BCUT2D eigenvalue weighted by molar-refractivity contribution is -0.140. The molecule has 29 heavy (non-hydrogen) atoms. The summed E-state index contributed by atoms with van der Waals surface area (Å²) in [7, 11) is -4.62. The molecule has 2 aromatic carbocycles. The molecule has 0 radical (unpaired) electrons. The van der Waals surface area contributed by atoms with Gasteiger partial charge in [-0.25, -0.2) is 18.2 Å². The molecule has 1 aliphatic heterocycles. The molecule has 1 heterocycles. The van der Waals surface area contributed by atoms with Crippen LogP contribution >= 0.6 is 0 Å². The van der Waals surface area contributed by atoms with Gasteiger partial charge in [0.25, 0.3) is 10.0 Å². The van der Waals surface area contributed by atoms with Gasteiger partial charge in [0, 0.05) is 18.0 Å². The monoisotopic (exact) mass is 429 g/mol. The molecule has 0 spiro atoms. The molecule has 2 aromatic rings. The molecule has 0 aromatic heterocycles. The summed E-state index contributed by atoms with van der Waals surface area (Å²) in [6, 6.07) is 7.11. The summed E-state index contributed by atoms with van der Waals surface area (Å²) in [6.07, 6.45) is -4.80. The summed E-state index contributed by atoms with van der Waals surface area (Å²) in [5.41, 5.74) is 2.00. The Morgan fingerprint density at radius 2 is 1.79 bits per heavy atom. The third-order valence-corrected chi connectivity index (χ3v) is 5.67. The molecule has 0 saturated carbocycles. The molecule has 1 amide bonds. The smallest absolute Gasteiger partial charge is 0.280 e. The van der Waals surface area contributed by atoms with Crippen molar-refractivity contribution in [3.63, 3.8) is 0 Å². The van der Waals surface area contributed by atoms with Crippen molar-refractivity contribution in [3.05, 3.63) is 59.4 Å². The first-order chi connectivity index (χ1) is 13.5. The number of rotatable bonds is 4. The molecule has 0 fully saturated rings. The van der Waals surface area contributed by atoms with Crippen molar-refractivity contribution in [2.45, 2.75) is 24.4 Å². The Kier molecular flexibility index (Phi) is 5.35. The van der Waals surface area contributed by atoms with Gasteiger partial charge in [0.2, 0.25) is 5.91 Å². The predicted octanol–water partition coefficient (Wildman–Crippen LogP) is 3.51. The fourth-order valence-electron chi connectivity index (χ4n) is 2.88. The fourth-order valence-corrected chi connectivity index (χ4v) is 4.15. The average molecular weight is 429 g/mol. The molecule has 2 N–H and O–H groups in total. The number of hydrazone groups is 1. The summed E-state index contributed by atoms with van der Waals surface area (Å²) in [6.45, 7) is 1.81. The van der Waals surface area contributed by atoms with Crippen molar-refractivity contribution in [2.75, 3.05) is 4.72 Å². The zero-order valence-electron chi connectivity index (χ0n) is 14.9. The third kappa shape index (κ3) is 4.56. The standard InChI is InChI=1S/C18H15F4N3O3S/c1-10-8-16(26)23-24-17(10)11-2-5-13(6-3-11)25-29(27,28)15-7-4-12(19)9-14(15)18(20,21)22/h2-7,9-10,25H,8H2,1H3,(H,23,26)/t10-/m1/s1. The van der Waals surface area contributed by atoms with Crippen LogP contribution in [0.5, 0.6) is 0 Å². The van der Waals surface area contributed by atoms with Gasteiger partial charge in [-0.05, 0) is 35.9 Å². The zero-order valence-corrected chi connectivity index (χ0v) is 15.7. The van der Waals surface area contributed by atoms with Gasteiger partial charge < -0.3 is 0 Å². The van der Waals surface area contributed by atoms with E-state index in [2.05, 4.69) is 15.2 Å². The minimum absolute atomic E-state index is 0.0132. The summed E-state index contributed by atoms with van der Waals surface area (Å²) in [5, 5.41) is 3.98. The van der Waals surface area contributed by atoms with Crippen LogP contribution in [0.25, 0.3) is 0 Å². The Hall–Kier alpha value is -2.95. The van der Waals surface area contributed by atoms with Crippen molar-refractivity contribution in [3.8, 4) is 0 Å². The molecule has 1 aliphatic rings. The van der Waals surface area contributed by atoms with E-state index in [0.717, 1.165) is 0 Å². The number of carbonyl (C=O) groups is 1. The largest absolute Gasteiger partial charge is 0.417 e. The van der Waals surface area contributed by atoms with E-state index in [-0.39, 0.29) is 30.0 Å². The number of hydrogen-bond donors (Lipinski definition) is 2. The number of nitrogens with one attached hydrogen (secondary N) is 2. The number of nitrogens with zero attached hydrogens (tertiary/aromatic N) is 1. The van der Waals surface area contributed by atoms with Crippen LogP contribution in [0.4, 0.5) is 23.2 Å². The topological polar surface area (TPSA) is 87.6 Å².